The van der Waals surface area contributed by atoms with Gasteiger partial charge in [0, 0.05) is 37.3 Å². The third kappa shape index (κ3) is 6.84. The molecule has 2 N–H and O–H groups in total. The van der Waals surface area contributed by atoms with Crippen molar-refractivity contribution in [2.75, 3.05) is 33.6 Å². The van der Waals surface area contributed by atoms with Crippen LogP contribution in [0.3, 0.4) is 0 Å². The van der Waals surface area contributed by atoms with E-state index in [-0.39, 0.29) is 31.7 Å². The lowest BCUT2D eigenvalue weighted by Gasteiger charge is -2.25. The van der Waals surface area contributed by atoms with Crippen LogP contribution in [0.4, 0.5) is 0 Å². The van der Waals surface area contributed by atoms with Gasteiger partial charge in [-0.15, -0.1) is 0 Å². The summed E-state index contributed by atoms with van der Waals surface area (Å²) in [4.78, 5) is 28.4. The van der Waals surface area contributed by atoms with Crippen LogP contribution in [0.25, 0.3) is 0 Å². The third-order valence-electron chi connectivity index (χ3n) is 6.95. The fraction of sp³-hybridized carbons (Fsp3) is 0.355. The Hall–Kier alpha value is -4.24. The molecule has 2 heterocycles. The molecular weight excluding hydrogens is 510 g/mol. The van der Waals surface area contributed by atoms with E-state index in [4.69, 9.17) is 18.9 Å². The summed E-state index contributed by atoms with van der Waals surface area (Å²) in [6.45, 7) is 2.73. The van der Waals surface area contributed by atoms with Gasteiger partial charge in [0.2, 0.25) is 18.4 Å². The average molecular weight is 546 g/mol. The summed E-state index contributed by atoms with van der Waals surface area (Å²) in [7, 11) is 1.57. The molecule has 3 aromatic rings. The summed E-state index contributed by atoms with van der Waals surface area (Å²) in [5.74, 6) is 2.11. The highest BCUT2D eigenvalue weighted by molar-refractivity contribution is 5.96. The van der Waals surface area contributed by atoms with Gasteiger partial charge >= 0.3 is 0 Å². The number of fused-ring (bicyclic) bond motifs is 2. The first-order chi connectivity index (χ1) is 19.6. The molecule has 0 unspecified atom stereocenters. The quantitative estimate of drug-likeness (QED) is 0.483. The minimum Gasteiger partial charge on any atom is -0.493 e. The lowest BCUT2D eigenvalue weighted by Crippen LogP contribution is -2.37. The van der Waals surface area contributed by atoms with E-state index in [2.05, 4.69) is 10.6 Å². The van der Waals surface area contributed by atoms with Crippen LogP contribution in [0, 0.1) is 0 Å². The number of carbonyl (C=O) groups excluding carboxylic acids is 2. The van der Waals surface area contributed by atoms with Gasteiger partial charge in [0.05, 0.1) is 20.3 Å². The van der Waals surface area contributed by atoms with Crippen molar-refractivity contribution in [3.63, 3.8) is 0 Å². The number of ether oxygens (including phenoxy) is 4. The minimum atomic E-state index is -0.231. The molecule has 9 heteroatoms. The molecule has 0 atom stereocenters. The van der Waals surface area contributed by atoms with Gasteiger partial charge in [-0.25, -0.2) is 0 Å². The van der Waals surface area contributed by atoms with Crippen molar-refractivity contribution in [1.82, 2.24) is 15.5 Å². The van der Waals surface area contributed by atoms with Crippen LogP contribution >= 0.6 is 0 Å². The van der Waals surface area contributed by atoms with Gasteiger partial charge < -0.3 is 29.6 Å². The molecule has 0 fully saturated rings. The second-order valence-electron chi connectivity index (χ2n) is 9.89. The van der Waals surface area contributed by atoms with Crippen molar-refractivity contribution in [2.45, 2.75) is 38.9 Å². The van der Waals surface area contributed by atoms with E-state index < -0.39 is 0 Å². The molecule has 2 aliphatic heterocycles. The van der Waals surface area contributed by atoms with Crippen LogP contribution in [-0.4, -0.2) is 50.3 Å². The van der Waals surface area contributed by atoms with Crippen LogP contribution in [0.15, 0.2) is 60.7 Å². The fourth-order valence-electron chi connectivity index (χ4n) is 4.95. The molecule has 210 valence electrons. The van der Waals surface area contributed by atoms with E-state index in [1.165, 1.54) is 0 Å². The van der Waals surface area contributed by atoms with Gasteiger partial charge in [-0.05, 0) is 54.7 Å². The maximum Gasteiger partial charge on any atom is 0.252 e. The highest BCUT2D eigenvalue weighted by Crippen LogP contribution is 2.41. The molecular formula is C31H35N3O6. The van der Waals surface area contributed by atoms with Gasteiger partial charge in [-0.2, -0.15) is 0 Å². The zero-order valence-corrected chi connectivity index (χ0v) is 22.7. The smallest absolute Gasteiger partial charge is 0.252 e. The molecule has 0 radical (unpaired) electrons. The largest absolute Gasteiger partial charge is 0.493 e. The van der Waals surface area contributed by atoms with E-state index >= 15 is 0 Å². The molecule has 3 aromatic carbocycles. The Morgan fingerprint density at radius 3 is 2.67 bits per heavy atom. The first-order valence-electron chi connectivity index (χ1n) is 13.6. The van der Waals surface area contributed by atoms with Crippen molar-refractivity contribution in [2.24, 2.45) is 0 Å². The number of amides is 2. The average Bonchev–Trinajstić information content (AvgIpc) is 3.45. The molecule has 5 rings (SSSR count). The number of nitrogens with one attached hydrogen (secondary N) is 2. The van der Waals surface area contributed by atoms with Crippen LogP contribution in [0.1, 0.15) is 46.3 Å². The maximum absolute atomic E-state index is 13.6. The number of benzene rings is 3. The number of carbonyl (C=O) groups is 2. The summed E-state index contributed by atoms with van der Waals surface area (Å²) in [6.07, 6.45) is 2.71. The predicted molar refractivity (Wildman–Crippen MR) is 150 cm³/mol. The predicted octanol–water partition coefficient (Wildman–Crippen LogP) is 4.04. The van der Waals surface area contributed by atoms with Crippen molar-refractivity contribution in [3.05, 3.63) is 82.9 Å². The Morgan fingerprint density at radius 2 is 1.82 bits per heavy atom. The molecule has 0 saturated heterocycles. The number of rotatable bonds is 6. The third-order valence-corrected chi connectivity index (χ3v) is 6.95. The molecule has 0 aliphatic carbocycles. The fourth-order valence-corrected chi connectivity index (χ4v) is 4.95. The monoisotopic (exact) mass is 545 g/mol. The highest BCUT2D eigenvalue weighted by Gasteiger charge is 2.23. The van der Waals surface area contributed by atoms with Crippen LogP contribution in [0.5, 0.6) is 23.0 Å². The molecule has 0 saturated carbocycles. The zero-order valence-electron chi connectivity index (χ0n) is 22.7. The van der Waals surface area contributed by atoms with Gasteiger partial charge in [0.15, 0.2) is 11.5 Å². The van der Waals surface area contributed by atoms with Gasteiger partial charge in [-0.1, -0.05) is 36.4 Å². The van der Waals surface area contributed by atoms with E-state index in [1.54, 1.807) is 13.2 Å². The normalized spacial score (nSPS) is 15.9. The van der Waals surface area contributed by atoms with Crippen molar-refractivity contribution >= 4 is 11.8 Å². The SMILES string of the molecule is COc1cc(CNC(=O)c2cccc3c2CN(Cc2ccccc2)CC(=O)NCCCCCO3)cc2c1OCO2. The number of methoxy groups -OCH3 is 1. The zero-order chi connectivity index (χ0) is 27.7. The Balaban J connectivity index is 1.40. The number of nitrogens with zero attached hydrogens (tertiary/aromatic N) is 1. The summed E-state index contributed by atoms with van der Waals surface area (Å²) in [5.41, 5.74) is 3.18. The topological polar surface area (TPSA) is 98.4 Å². The lowest BCUT2D eigenvalue weighted by atomic mass is 10.0. The first-order valence-corrected chi connectivity index (χ1v) is 13.6. The minimum absolute atomic E-state index is 0.0312. The summed E-state index contributed by atoms with van der Waals surface area (Å²) in [6, 6.07) is 19.2. The van der Waals surface area contributed by atoms with Crippen molar-refractivity contribution in [1.29, 1.82) is 0 Å². The Kier molecular flexibility index (Phi) is 9.03. The summed E-state index contributed by atoms with van der Waals surface area (Å²) in [5, 5.41) is 6.07. The molecule has 40 heavy (non-hydrogen) atoms. The summed E-state index contributed by atoms with van der Waals surface area (Å²) >= 11 is 0. The Labute approximate surface area is 234 Å². The molecule has 0 spiro atoms. The maximum atomic E-state index is 13.6. The summed E-state index contributed by atoms with van der Waals surface area (Å²) < 4.78 is 22.6. The lowest BCUT2D eigenvalue weighted by molar-refractivity contribution is -0.122. The number of hydrogen-bond acceptors (Lipinski definition) is 7. The van der Waals surface area contributed by atoms with E-state index in [0.717, 1.165) is 36.0 Å². The highest BCUT2D eigenvalue weighted by atomic mass is 16.7. The second kappa shape index (κ2) is 13.2. The van der Waals surface area contributed by atoms with Crippen LogP contribution in [-0.2, 0) is 24.4 Å². The Bertz CT molecular complexity index is 1330. The van der Waals surface area contributed by atoms with Gasteiger partial charge in [0.25, 0.3) is 5.91 Å². The van der Waals surface area contributed by atoms with Crippen LogP contribution < -0.4 is 29.6 Å². The molecule has 9 nitrogen and oxygen atoms in total. The van der Waals surface area contributed by atoms with E-state index in [9.17, 15) is 9.59 Å². The van der Waals surface area contributed by atoms with Crippen molar-refractivity contribution < 1.29 is 28.5 Å². The second-order valence-corrected chi connectivity index (χ2v) is 9.89. The number of hydrogen-bond donors (Lipinski definition) is 2. The van der Waals surface area contributed by atoms with Gasteiger partial charge in [-0.3, -0.25) is 14.5 Å². The first kappa shape index (κ1) is 27.3. The Morgan fingerprint density at radius 1 is 0.950 bits per heavy atom. The molecule has 0 bridgehead atoms. The van der Waals surface area contributed by atoms with E-state index in [0.29, 0.717) is 54.8 Å². The van der Waals surface area contributed by atoms with Crippen molar-refractivity contribution in [3.8, 4) is 23.0 Å². The van der Waals surface area contributed by atoms with Crippen LogP contribution in [0.2, 0.25) is 0 Å². The standard InChI is InChI=1S/C31H35N3O6/c1-37-27-15-23(16-28-30(27)40-21-39-28)17-33-31(36)24-11-8-12-26-25(24)19-34(18-22-9-4-2-5-10-22)20-29(35)32-13-6-3-7-14-38-26/h2,4-5,8-12,15-16H,3,6-7,13-14,17-21H2,1H3,(H,32,35)(H,33,36). The molecule has 2 aliphatic rings. The van der Waals surface area contributed by atoms with E-state index in [1.807, 2.05) is 59.5 Å². The molecule has 0 aromatic heterocycles. The molecule has 2 amide bonds. The van der Waals surface area contributed by atoms with Gasteiger partial charge in [0.1, 0.15) is 5.75 Å².